The van der Waals surface area contributed by atoms with Gasteiger partial charge in [-0.1, -0.05) is 12.1 Å². The molecule has 0 saturated heterocycles. The van der Waals surface area contributed by atoms with E-state index in [-0.39, 0.29) is 17.9 Å². The molecule has 4 rings (SSSR count). The van der Waals surface area contributed by atoms with Crippen molar-refractivity contribution >= 4 is 11.8 Å². The molecule has 0 bridgehead atoms. The van der Waals surface area contributed by atoms with Gasteiger partial charge in [-0.2, -0.15) is 4.73 Å². The first kappa shape index (κ1) is 13.0. The molecule has 2 aliphatic rings. The Hall–Kier alpha value is -2.69. The molecular formula is C17H14N2O3. The molecule has 1 aromatic heterocycles. The SMILES string of the molecule is Cc1cc2c([n+]([O-])c1)CCC2N1C(=O)c2ccccc2C1=O. The number of aromatic nitrogens is 1. The van der Waals surface area contributed by atoms with Crippen molar-refractivity contribution in [1.29, 1.82) is 0 Å². The largest absolute Gasteiger partial charge is 0.618 e. The summed E-state index contributed by atoms with van der Waals surface area (Å²) in [6.45, 7) is 1.84. The van der Waals surface area contributed by atoms with Crippen LogP contribution in [0.5, 0.6) is 0 Å². The van der Waals surface area contributed by atoms with Crippen LogP contribution in [0.2, 0.25) is 0 Å². The number of pyridine rings is 1. The Labute approximate surface area is 127 Å². The molecule has 5 nitrogen and oxygen atoms in total. The van der Waals surface area contributed by atoms with Gasteiger partial charge in [0.15, 0.2) is 11.9 Å². The van der Waals surface area contributed by atoms with Crippen LogP contribution in [0, 0.1) is 12.1 Å². The van der Waals surface area contributed by atoms with Gasteiger partial charge in [0.05, 0.1) is 17.2 Å². The van der Waals surface area contributed by atoms with Crippen LogP contribution in [0.4, 0.5) is 0 Å². The Balaban J connectivity index is 1.81. The van der Waals surface area contributed by atoms with Gasteiger partial charge >= 0.3 is 0 Å². The van der Waals surface area contributed by atoms with E-state index in [0.29, 0.717) is 29.7 Å². The summed E-state index contributed by atoms with van der Waals surface area (Å²) >= 11 is 0. The summed E-state index contributed by atoms with van der Waals surface area (Å²) in [5.74, 6) is -0.533. The van der Waals surface area contributed by atoms with Crippen LogP contribution in [-0.4, -0.2) is 16.7 Å². The predicted octanol–water partition coefficient (Wildman–Crippen LogP) is 1.91. The third-order valence-electron chi connectivity index (χ3n) is 4.45. The van der Waals surface area contributed by atoms with Crippen molar-refractivity contribution in [3.05, 3.63) is 69.7 Å². The van der Waals surface area contributed by atoms with Gasteiger partial charge in [-0.3, -0.25) is 14.5 Å². The Morgan fingerprint density at radius 3 is 2.45 bits per heavy atom. The number of nitrogens with zero attached hydrogens (tertiary/aromatic N) is 2. The minimum Gasteiger partial charge on any atom is -0.618 e. The standard InChI is InChI=1S/C17H14N2O3/c1-10-8-13-14(18(22)9-10)6-7-15(13)19-16(20)11-4-2-3-5-12(11)17(19)21/h2-5,8-9,15H,6-7H2,1H3. The van der Waals surface area contributed by atoms with Crippen molar-refractivity contribution in [2.45, 2.75) is 25.8 Å². The summed E-state index contributed by atoms with van der Waals surface area (Å²) in [4.78, 5) is 26.5. The Morgan fingerprint density at radius 1 is 1.18 bits per heavy atom. The second kappa shape index (κ2) is 4.40. The van der Waals surface area contributed by atoms with Gasteiger partial charge < -0.3 is 5.21 Å². The number of hydrogen-bond donors (Lipinski definition) is 0. The minimum absolute atomic E-state index is 0.266. The average Bonchev–Trinajstić information content (AvgIpc) is 3.00. The maximum Gasteiger partial charge on any atom is 0.262 e. The van der Waals surface area contributed by atoms with E-state index in [1.165, 1.54) is 11.1 Å². The molecule has 0 saturated carbocycles. The normalized spacial score (nSPS) is 19.5. The number of fused-ring (bicyclic) bond motifs is 2. The highest BCUT2D eigenvalue weighted by atomic mass is 16.5. The molecule has 2 aromatic rings. The minimum atomic E-state index is -0.345. The predicted molar refractivity (Wildman–Crippen MR) is 78.1 cm³/mol. The molecule has 110 valence electrons. The summed E-state index contributed by atoms with van der Waals surface area (Å²) in [5, 5.41) is 12.0. The second-order valence-electron chi connectivity index (χ2n) is 5.83. The van der Waals surface area contributed by atoms with E-state index in [4.69, 9.17) is 0 Å². The lowest BCUT2D eigenvalue weighted by Gasteiger charge is -2.22. The lowest BCUT2D eigenvalue weighted by atomic mass is 10.1. The molecule has 1 aliphatic carbocycles. The van der Waals surface area contributed by atoms with Crippen LogP contribution in [0.3, 0.4) is 0 Å². The van der Waals surface area contributed by atoms with E-state index in [9.17, 15) is 14.8 Å². The first-order chi connectivity index (χ1) is 10.6. The second-order valence-corrected chi connectivity index (χ2v) is 5.83. The third kappa shape index (κ3) is 1.62. The molecule has 2 heterocycles. The van der Waals surface area contributed by atoms with Gasteiger partial charge in [-0.25, -0.2) is 0 Å². The average molecular weight is 294 g/mol. The zero-order valence-electron chi connectivity index (χ0n) is 12.1. The summed E-state index contributed by atoms with van der Waals surface area (Å²) in [6, 6.07) is 8.43. The van der Waals surface area contributed by atoms with Crippen LogP contribution >= 0.6 is 0 Å². The summed E-state index contributed by atoms with van der Waals surface area (Å²) in [7, 11) is 0. The lowest BCUT2D eigenvalue weighted by molar-refractivity contribution is -0.614. The van der Waals surface area contributed by atoms with Gasteiger partial charge in [-0.05, 0) is 31.5 Å². The molecule has 1 unspecified atom stereocenters. The monoisotopic (exact) mass is 294 g/mol. The molecule has 1 aliphatic heterocycles. The quantitative estimate of drug-likeness (QED) is 0.458. The maximum absolute atomic E-state index is 12.6. The van der Waals surface area contributed by atoms with Gasteiger partial charge in [-0.15, -0.1) is 0 Å². The van der Waals surface area contributed by atoms with Gasteiger partial charge in [0.25, 0.3) is 11.8 Å². The number of carbonyl (C=O) groups excluding carboxylic acids is 2. The first-order valence-corrected chi connectivity index (χ1v) is 7.27. The number of rotatable bonds is 1. The first-order valence-electron chi connectivity index (χ1n) is 7.27. The van der Waals surface area contributed by atoms with E-state index in [0.717, 1.165) is 15.9 Å². The van der Waals surface area contributed by atoms with Crippen molar-refractivity contribution in [1.82, 2.24) is 4.90 Å². The van der Waals surface area contributed by atoms with Gasteiger partial charge in [0.2, 0.25) is 0 Å². The maximum atomic E-state index is 12.6. The molecule has 0 spiro atoms. The topological polar surface area (TPSA) is 64.3 Å². The van der Waals surface area contributed by atoms with E-state index >= 15 is 0 Å². The molecule has 0 radical (unpaired) electrons. The van der Waals surface area contributed by atoms with Crippen LogP contribution in [0.15, 0.2) is 36.5 Å². The Morgan fingerprint density at radius 2 is 1.82 bits per heavy atom. The molecule has 1 aromatic carbocycles. The number of amides is 2. The fourth-order valence-electron chi connectivity index (χ4n) is 3.49. The van der Waals surface area contributed by atoms with E-state index in [2.05, 4.69) is 0 Å². The number of aryl methyl sites for hydroxylation is 1. The summed E-state index contributed by atoms with van der Waals surface area (Å²) in [6.07, 6.45) is 2.72. The molecular weight excluding hydrogens is 280 g/mol. The number of carbonyl (C=O) groups is 2. The van der Waals surface area contributed by atoms with E-state index in [1.807, 2.05) is 13.0 Å². The fraction of sp³-hybridized carbons (Fsp3) is 0.235. The van der Waals surface area contributed by atoms with Crippen molar-refractivity contribution in [3.63, 3.8) is 0 Å². The van der Waals surface area contributed by atoms with E-state index < -0.39 is 0 Å². The lowest BCUT2D eigenvalue weighted by Crippen LogP contribution is -2.35. The van der Waals surface area contributed by atoms with E-state index in [1.54, 1.807) is 24.3 Å². The molecule has 0 fully saturated rings. The van der Waals surface area contributed by atoms with Crippen molar-refractivity contribution in [2.75, 3.05) is 0 Å². The van der Waals surface area contributed by atoms with Crippen molar-refractivity contribution in [3.8, 4) is 0 Å². The smallest absolute Gasteiger partial charge is 0.262 e. The summed E-state index contributed by atoms with van der Waals surface area (Å²) in [5.41, 5.74) is 3.18. The third-order valence-corrected chi connectivity index (χ3v) is 4.45. The molecule has 22 heavy (non-hydrogen) atoms. The zero-order chi connectivity index (χ0) is 15.4. The molecule has 0 N–H and O–H groups in total. The summed E-state index contributed by atoms with van der Waals surface area (Å²) < 4.78 is 0.864. The van der Waals surface area contributed by atoms with Crippen LogP contribution in [-0.2, 0) is 6.42 Å². The highest BCUT2D eigenvalue weighted by Crippen LogP contribution is 2.39. The molecule has 1 atom stereocenters. The highest BCUT2D eigenvalue weighted by Gasteiger charge is 2.44. The number of imide groups is 1. The Bertz CT molecular complexity index is 794. The van der Waals surface area contributed by atoms with Crippen molar-refractivity contribution in [2.24, 2.45) is 0 Å². The zero-order valence-corrected chi connectivity index (χ0v) is 12.1. The highest BCUT2D eigenvalue weighted by molar-refractivity contribution is 6.21. The van der Waals surface area contributed by atoms with Crippen LogP contribution < -0.4 is 4.73 Å². The fourth-order valence-corrected chi connectivity index (χ4v) is 3.49. The molecule has 5 heteroatoms. The van der Waals surface area contributed by atoms with Gasteiger partial charge in [0.1, 0.15) is 0 Å². The van der Waals surface area contributed by atoms with Crippen molar-refractivity contribution < 1.29 is 14.3 Å². The van der Waals surface area contributed by atoms with Crippen LogP contribution in [0.1, 0.15) is 50.0 Å². The van der Waals surface area contributed by atoms with Crippen LogP contribution in [0.25, 0.3) is 0 Å². The molecule has 2 amide bonds. The number of benzene rings is 1. The number of hydrogen-bond acceptors (Lipinski definition) is 3. The Kier molecular flexibility index (Phi) is 2.60. The van der Waals surface area contributed by atoms with Gasteiger partial charge in [0, 0.05) is 17.5 Å².